The highest BCUT2D eigenvalue weighted by molar-refractivity contribution is 6.11. The number of aromatic nitrogens is 1. The van der Waals surface area contributed by atoms with Crippen molar-refractivity contribution in [3.63, 3.8) is 0 Å². The fourth-order valence-electron chi connectivity index (χ4n) is 2.18. The molecule has 20 heavy (non-hydrogen) atoms. The number of aryl methyl sites for hydroxylation is 1. The van der Waals surface area contributed by atoms with Crippen molar-refractivity contribution in [2.45, 2.75) is 13.8 Å². The molecule has 0 spiro atoms. The summed E-state index contributed by atoms with van der Waals surface area (Å²) in [4.78, 5) is 23.3. The summed E-state index contributed by atoms with van der Waals surface area (Å²) in [5, 5.41) is 2.72. The third-order valence-corrected chi connectivity index (χ3v) is 2.94. The van der Waals surface area contributed by atoms with Gasteiger partial charge in [0.2, 0.25) is 5.91 Å². The Kier molecular flexibility index (Phi) is 3.74. The van der Waals surface area contributed by atoms with E-state index in [0.717, 1.165) is 0 Å². The number of carbonyl (C=O) groups excluding carboxylic acids is 2. The average Bonchev–Trinajstić information content (AvgIpc) is 2.64. The molecule has 1 amide bonds. The van der Waals surface area contributed by atoms with Crippen LogP contribution in [0.4, 0.5) is 10.1 Å². The van der Waals surface area contributed by atoms with Crippen molar-refractivity contribution < 1.29 is 18.7 Å². The number of nitrogens with one attached hydrogen (secondary N) is 1. The molecule has 5 nitrogen and oxygen atoms in total. The van der Waals surface area contributed by atoms with Crippen molar-refractivity contribution >= 4 is 28.5 Å². The van der Waals surface area contributed by atoms with Crippen LogP contribution in [0.2, 0.25) is 0 Å². The van der Waals surface area contributed by atoms with Crippen LogP contribution in [0.3, 0.4) is 0 Å². The first-order chi connectivity index (χ1) is 9.47. The summed E-state index contributed by atoms with van der Waals surface area (Å²) < 4.78 is 20.5. The van der Waals surface area contributed by atoms with Crippen LogP contribution in [0.5, 0.6) is 0 Å². The van der Waals surface area contributed by atoms with Crippen molar-refractivity contribution in [3.8, 4) is 0 Å². The molecular formula is C14H15FN2O3. The Hall–Kier alpha value is -2.37. The van der Waals surface area contributed by atoms with Crippen molar-refractivity contribution in [1.82, 2.24) is 4.57 Å². The van der Waals surface area contributed by atoms with Gasteiger partial charge >= 0.3 is 5.97 Å². The van der Waals surface area contributed by atoms with Gasteiger partial charge in [0, 0.05) is 14.0 Å². The second-order valence-electron chi connectivity index (χ2n) is 4.32. The molecule has 1 aromatic heterocycles. The fourth-order valence-corrected chi connectivity index (χ4v) is 2.18. The van der Waals surface area contributed by atoms with Crippen LogP contribution < -0.4 is 5.32 Å². The van der Waals surface area contributed by atoms with E-state index in [9.17, 15) is 14.0 Å². The van der Waals surface area contributed by atoms with Gasteiger partial charge in [-0.15, -0.1) is 0 Å². The van der Waals surface area contributed by atoms with Crippen molar-refractivity contribution in [2.24, 2.45) is 7.05 Å². The molecule has 0 radical (unpaired) electrons. The summed E-state index contributed by atoms with van der Waals surface area (Å²) in [7, 11) is 1.62. The lowest BCUT2D eigenvalue weighted by Gasteiger charge is -2.07. The number of ether oxygens (including phenoxy) is 1. The smallest absolute Gasteiger partial charge is 0.357 e. The summed E-state index contributed by atoms with van der Waals surface area (Å²) in [6.07, 6.45) is 0. The number of fused-ring (bicyclic) bond motifs is 1. The summed E-state index contributed by atoms with van der Waals surface area (Å²) in [5.74, 6) is -1.49. The quantitative estimate of drug-likeness (QED) is 0.877. The van der Waals surface area contributed by atoms with Gasteiger partial charge in [0.05, 0.1) is 23.2 Å². The van der Waals surface area contributed by atoms with E-state index in [1.165, 1.54) is 17.6 Å². The van der Waals surface area contributed by atoms with E-state index in [1.54, 1.807) is 26.1 Å². The Morgan fingerprint density at radius 2 is 2.10 bits per heavy atom. The van der Waals surface area contributed by atoms with Crippen LogP contribution >= 0.6 is 0 Å². The second-order valence-corrected chi connectivity index (χ2v) is 4.32. The highest BCUT2D eigenvalue weighted by Crippen LogP contribution is 2.32. The predicted octanol–water partition coefficient (Wildman–Crippen LogP) is 2.45. The SMILES string of the molecule is CCOC(=O)c1c(NC(C)=O)c2c(F)cccc2n1C. The van der Waals surface area contributed by atoms with Gasteiger partial charge in [-0.25, -0.2) is 9.18 Å². The fraction of sp³-hybridized carbons (Fsp3) is 0.286. The number of nitrogens with zero attached hydrogens (tertiary/aromatic N) is 1. The van der Waals surface area contributed by atoms with Crippen LogP contribution in [-0.2, 0) is 16.6 Å². The van der Waals surface area contributed by atoms with Crippen LogP contribution in [0, 0.1) is 5.82 Å². The van der Waals surface area contributed by atoms with Crippen LogP contribution in [-0.4, -0.2) is 23.1 Å². The summed E-state index contributed by atoms with van der Waals surface area (Å²) in [5.41, 5.74) is 0.783. The van der Waals surface area contributed by atoms with E-state index in [1.807, 2.05) is 0 Å². The number of anilines is 1. The first-order valence-electron chi connectivity index (χ1n) is 6.19. The number of benzene rings is 1. The van der Waals surface area contributed by atoms with Crippen LogP contribution in [0.15, 0.2) is 18.2 Å². The maximum atomic E-state index is 14.0. The van der Waals surface area contributed by atoms with E-state index in [-0.39, 0.29) is 29.3 Å². The average molecular weight is 278 g/mol. The van der Waals surface area contributed by atoms with E-state index in [4.69, 9.17) is 4.74 Å². The predicted molar refractivity (Wildman–Crippen MR) is 73.1 cm³/mol. The third kappa shape index (κ3) is 2.24. The highest BCUT2D eigenvalue weighted by Gasteiger charge is 2.24. The molecule has 0 atom stereocenters. The Labute approximate surface area is 115 Å². The topological polar surface area (TPSA) is 60.3 Å². The Morgan fingerprint density at radius 1 is 1.40 bits per heavy atom. The highest BCUT2D eigenvalue weighted by atomic mass is 19.1. The van der Waals surface area contributed by atoms with E-state index in [2.05, 4.69) is 5.32 Å². The first-order valence-corrected chi connectivity index (χ1v) is 6.19. The van der Waals surface area contributed by atoms with Gasteiger partial charge < -0.3 is 14.6 Å². The molecule has 0 saturated heterocycles. The summed E-state index contributed by atoms with van der Waals surface area (Å²) in [6, 6.07) is 4.50. The molecule has 1 N–H and O–H groups in total. The van der Waals surface area contributed by atoms with Gasteiger partial charge in [-0.1, -0.05) is 6.07 Å². The molecule has 0 aliphatic carbocycles. The molecule has 6 heteroatoms. The molecule has 0 aliphatic heterocycles. The number of hydrogen-bond donors (Lipinski definition) is 1. The van der Waals surface area contributed by atoms with E-state index >= 15 is 0 Å². The van der Waals surface area contributed by atoms with Gasteiger partial charge in [-0.2, -0.15) is 0 Å². The molecule has 106 valence electrons. The van der Waals surface area contributed by atoms with Crippen molar-refractivity contribution in [3.05, 3.63) is 29.7 Å². The van der Waals surface area contributed by atoms with E-state index < -0.39 is 11.8 Å². The van der Waals surface area contributed by atoms with E-state index in [0.29, 0.717) is 5.52 Å². The second kappa shape index (κ2) is 5.32. The number of rotatable bonds is 3. The Morgan fingerprint density at radius 3 is 2.70 bits per heavy atom. The minimum Gasteiger partial charge on any atom is -0.461 e. The maximum Gasteiger partial charge on any atom is 0.357 e. The van der Waals surface area contributed by atoms with Gasteiger partial charge in [0.15, 0.2) is 5.69 Å². The first kappa shape index (κ1) is 14.0. The lowest BCUT2D eigenvalue weighted by atomic mass is 10.2. The largest absolute Gasteiger partial charge is 0.461 e. The Bertz CT molecular complexity index is 691. The molecule has 1 heterocycles. The minimum atomic E-state index is -0.602. The molecule has 0 bridgehead atoms. The van der Waals surface area contributed by atoms with Gasteiger partial charge in [0.25, 0.3) is 0 Å². The summed E-state index contributed by atoms with van der Waals surface area (Å²) in [6.45, 7) is 3.18. The number of halogens is 1. The maximum absolute atomic E-state index is 14.0. The molecule has 2 rings (SSSR count). The molecular weight excluding hydrogens is 263 g/mol. The molecule has 0 fully saturated rings. The van der Waals surface area contributed by atoms with Gasteiger partial charge in [-0.3, -0.25) is 4.79 Å². The Balaban J connectivity index is 2.77. The monoisotopic (exact) mass is 278 g/mol. The number of hydrogen-bond acceptors (Lipinski definition) is 3. The zero-order valence-electron chi connectivity index (χ0n) is 11.5. The van der Waals surface area contributed by atoms with Crippen LogP contribution in [0.25, 0.3) is 10.9 Å². The number of carbonyl (C=O) groups is 2. The van der Waals surface area contributed by atoms with Crippen molar-refractivity contribution in [1.29, 1.82) is 0 Å². The standard InChI is InChI=1S/C14H15FN2O3/c1-4-20-14(19)13-12(16-8(2)18)11-9(15)6-5-7-10(11)17(13)3/h5-7H,4H2,1-3H3,(H,16,18). The molecule has 0 saturated carbocycles. The summed E-state index contributed by atoms with van der Waals surface area (Å²) >= 11 is 0. The normalized spacial score (nSPS) is 10.6. The molecule has 0 aliphatic rings. The van der Waals surface area contributed by atoms with Gasteiger partial charge in [0.1, 0.15) is 5.82 Å². The lowest BCUT2D eigenvalue weighted by Crippen LogP contribution is -2.15. The van der Waals surface area contributed by atoms with Crippen LogP contribution in [0.1, 0.15) is 24.3 Å². The zero-order chi connectivity index (χ0) is 14.9. The third-order valence-electron chi connectivity index (χ3n) is 2.94. The lowest BCUT2D eigenvalue weighted by molar-refractivity contribution is -0.114. The number of esters is 1. The molecule has 1 aromatic carbocycles. The minimum absolute atomic E-state index is 0.127. The van der Waals surface area contributed by atoms with Crippen molar-refractivity contribution in [2.75, 3.05) is 11.9 Å². The molecule has 2 aromatic rings. The van der Waals surface area contributed by atoms with Gasteiger partial charge in [-0.05, 0) is 19.1 Å². The zero-order valence-corrected chi connectivity index (χ0v) is 11.5. The number of amides is 1. The molecule has 0 unspecified atom stereocenters.